The van der Waals surface area contributed by atoms with Crippen molar-refractivity contribution >= 4 is 35.1 Å². The lowest BCUT2D eigenvalue weighted by molar-refractivity contribution is 0.251. The van der Waals surface area contributed by atoms with Crippen LogP contribution in [0.4, 0.5) is 10.6 Å². The van der Waals surface area contributed by atoms with Gasteiger partial charge in [0.2, 0.25) is 0 Å². The summed E-state index contributed by atoms with van der Waals surface area (Å²) in [5, 5.41) is 6.50. The van der Waals surface area contributed by atoms with E-state index in [2.05, 4.69) is 15.6 Å². The van der Waals surface area contributed by atoms with Gasteiger partial charge in [0, 0.05) is 27.7 Å². The van der Waals surface area contributed by atoms with Crippen LogP contribution in [0.1, 0.15) is 11.1 Å². The van der Waals surface area contributed by atoms with Crippen molar-refractivity contribution in [2.75, 3.05) is 5.32 Å². The number of hydrogen-bond acceptors (Lipinski definition) is 2. The number of benzene rings is 2. The predicted octanol–water partition coefficient (Wildman–Crippen LogP) is 5.69. The van der Waals surface area contributed by atoms with Crippen molar-refractivity contribution in [2.45, 2.75) is 13.5 Å². The Balaban J connectivity index is 1.68. The van der Waals surface area contributed by atoms with Crippen molar-refractivity contribution in [3.05, 3.63) is 81.8 Å². The maximum Gasteiger partial charge on any atom is 0.320 e. The van der Waals surface area contributed by atoms with Crippen LogP contribution in [0.15, 0.2) is 60.7 Å². The van der Waals surface area contributed by atoms with E-state index in [1.165, 1.54) is 0 Å². The summed E-state index contributed by atoms with van der Waals surface area (Å²) in [6.07, 6.45) is 0. The molecule has 0 aliphatic rings. The minimum atomic E-state index is -0.379. The largest absolute Gasteiger partial charge is 0.334 e. The van der Waals surface area contributed by atoms with E-state index in [1.807, 2.05) is 43.3 Å². The molecular formula is C20H17Cl2N3O. The van der Waals surface area contributed by atoms with E-state index < -0.39 is 0 Å². The van der Waals surface area contributed by atoms with Crippen molar-refractivity contribution in [1.82, 2.24) is 10.3 Å². The second-order valence-corrected chi connectivity index (χ2v) is 6.55. The minimum Gasteiger partial charge on any atom is -0.334 e. The molecule has 0 saturated heterocycles. The van der Waals surface area contributed by atoms with Gasteiger partial charge >= 0.3 is 6.03 Å². The molecule has 2 N–H and O–H groups in total. The van der Waals surface area contributed by atoms with Crippen molar-refractivity contribution in [1.29, 1.82) is 0 Å². The molecule has 0 atom stereocenters. The van der Waals surface area contributed by atoms with Crippen LogP contribution in [0.5, 0.6) is 0 Å². The van der Waals surface area contributed by atoms with Crippen molar-refractivity contribution in [3.8, 4) is 11.3 Å². The van der Waals surface area contributed by atoms with Crippen molar-refractivity contribution < 1.29 is 4.79 Å². The first kappa shape index (κ1) is 18.2. The number of halogens is 2. The average Bonchev–Trinajstić information content (AvgIpc) is 2.62. The molecule has 0 bridgehead atoms. The summed E-state index contributed by atoms with van der Waals surface area (Å²) in [4.78, 5) is 16.7. The SMILES string of the molecule is Cc1ccccc1-c1cccc(NC(=O)NCc2c(Cl)cccc2Cl)n1. The van der Waals surface area contributed by atoms with Gasteiger partial charge in [0.1, 0.15) is 5.82 Å². The third-order valence-corrected chi connectivity index (χ3v) is 4.61. The zero-order valence-electron chi connectivity index (χ0n) is 14.1. The fourth-order valence-corrected chi connectivity index (χ4v) is 3.08. The fourth-order valence-electron chi connectivity index (χ4n) is 2.55. The highest BCUT2D eigenvalue weighted by Gasteiger charge is 2.09. The van der Waals surface area contributed by atoms with Gasteiger partial charge < -0.3 is 5.32 Å². The van der Waals surface area contributed by atoms with Gasteiger partial charge in [0.05, 0.1) is 5.69 Å². The van der Waals surface area contributed by atoms with E-state index in [0.29, 0.717) is 21.4 Å². The van der Waals surface area contributed by atoms with Crippen LogP contribution >= 0.6 is 23.2 Å². The third kappa shape index (κ3) is 4.34. The number of aromatic nitrogens is 1. The van der Waals surface area contributed by atoms with Gasteiger partial charge in [-0.1, -0.05) is 59.6 Å². The van der Waals surface area contributed by atoms with E-state index in [0.717, 1.165) is 16.8 Å². The smallest absolute Gasteiger partial charge is 0.320 e. The number of carbonyl (C=O) groups excluding carboxylic acids is 1. The van der Waals surface area contributed by atoms with Gasteiger partial charge in [-0.3, -0.25) is 5.32 Å². The number of urea groups is 1. The molecule has 0 aliphatic heterocycles. The highest BCUT2D eigenvalue weighted by molar-refractivity contribution is 6.36. The summed E-state index contributed by atoms with van der Waals surface area (Å²) in [6, 6.07) is 18.3. The molecular weight excluding hydrogens is 369 g/mol. The number of aryl methyl sites for hydroxylation is 1. The number of hydrogen-bond donors (Lipinski definition) is 2. The zero-order chi connectivity index (χ0) is 18.5. The summed E-state index contributed by atoms with van der Waals surface area (Å²) in [6.45, 7) is 2.25. The maximum absolute atomic E-state index is 12.2. The number of nitrogens with one attached hydrogen (secondary N) is 2. The normalized spacial score (nSPS) is 10.4. The Hall–Kier alpha value is -2.56. The number of rotatable bonds is 4. The monoisotopic (exact) mass is 385 g/mol. The Morgan fingerprint density at radius 1 is 0.962 bits per heavy atom. The topological polar surface area (TPSA) is 54.0 Å². The van der Waals surface area contributed by atoms with E-state index in [4.69, 9.17) is 23.2 Å². The standard InChI is InChI=1S/C20H17Cl2N3O/c1-13-6-2-3-7-14(13)18-10-5-11-19(24-18)25-20(26)23-12-15-16(21)8-4-9-17(15)22/h2-11H,12H2,1H3,(H2,23,24,25,26). The first-order valence-electron chi connectivity index (χ1n) is 8.05. The summed E-state index contributed by atoms with van der Waals surface area (Å²) < 4.78 is 0. The zero-order valence-corrected chi connectivity index (χ0v) is 15.6. The molecule has 0 aliphatic carbocycles. The molecule has 0 unspecified atom stereocenters. The Kier molecular flexibility index (Phi) is 5.76. The molecule has 2 aromatic carbocycles. The van der Waals surface area contributed by atoms with E-state index >= 15 is 0 Å². The molecule has 3 rings (SSSR count). The van der Waals surface area contributed by atoms with Gasteiger partial charge in [0.25, 0.3) is 0 Å². The molecule has 2 amide bonds. The van der Waals surface area contributed by atoms with Crippen LogP contribution in [0, 0.1) is 6.92 Å². The molecule has 3 aromatic rings. The molecule has 0 saturated carbocycles. The number of anilines is 1. The number of nitrogens with zero attached hydrogens (tertiary/aromatic N) is 1. The molecule has 4 nitrogen and oxygen atoms in total. The molecule has 1 aromatic heterocycles. The highest BCUT2D eigenvalue weighted by Crippen LogP contribution is 2.24. The second kappa shape index (κ2) is 8.21. The molecule has 0 fully saturated rings. The van der Waals surface area contributed by atoms with Gasteiger partial charge in [-0.15, -0.1) is 0 Å². The first-order valence-corrected chi connectivity index (χ1v) is 8.81. The average molecular weight is 386 g/mol. The van der Waals surface area contributed by atoms with Gasteiger partial charge in [-0.2, -0.15) is 0 Å². The lowest BCUT2D eigenvalue weighted by atomic mass is 10.1. The quantitative estimate of drug-likeness (QED) is 0.606. The Morgan fingerprint density at radius 3 is 2.38 bits per heavy atom. The fraction of sp³-hybridized carbons (Fsp3) is 0.100. The molecule has 1 heterocycles. The van der Waals surface area contributed by atoms with E-state index in [1.54, 1.807) is 24.3 Å². The Bertz CT molecular complexity index is 924. The van der Waals surface area contributed by atoms with Gasteiger partial charge in [-0.05, 0) is 36.8 Å². The Labute approximate surface area is 162 Å². The first-order chi connectivity index (χ1) is 12.5. The summed E-state index contributed by atoms with van der Waals surface area (Å²) in [7, 11) is 0. The highest BCUT2D eigenvalue weighted by atomic mass is 35.5. The van der Waals surface area contributed by atoms with Crippen molar-refractivity contribution in [2.24, 2.45) is 0 Å². The van der Waals surface area contributed by atoms with Crippen LogP contribution in [0.3, 0.4) is 0 Å². The lowest BCUT2D eigenvalue weighted by Gasteiger charge is -2.11. The third-order valence-electron chi connectivity index (χ3n) is 3.90. The van der Waals surface area contributed by atoms with Gasteiger partial charge in [0.15, 0.2) is 0 Å². The number of carbonyl (C=O) groups is 1. The number of pyridine rings is 1. The van der Waals surface area contributed by atoms with Crippen LogP contribution in [-0.4, -0.2) is 11.0 Å². The molecule has 6 heteroatoms. The lowest BCUT2D eigenvalue weighted by Crippen LogP contribution is -2.28. The van der Waals surface area contributed by atoms with E-state index in [-0.39, 0.29) is 12.6 Å². The molecule has 132 valence electrons. The van der Waals surface area contributed by atoms with Crippen molar-refractivity contribution in [3.63, 3.8) is 0 Å². The van der Waals surface area contributed by atoms with E-state index in [9.17, 15) is 4.79 Å². The van der Waals surface area contributed by atoms with Crippen LogP contribution in [-0.2, 0) is 6.54 Å². The number of amides is 2. The Morgan fingerprint density at radius 2 is 1.65 bits per heavy atom. The molecule has 0 spiro atoms. The summed E-state index contributed by atoms with van der Waals surface area (Å²) in [5.41, 5.74) is 3.62. The molecule has 26 heavy (non-hydrogen) atoms. The molecule has 0 radical (unpaired) electrons. The summed E-state index contributed by atoms with van der Waals surface area (Å²) >= 11 is 12.2. The van der Waals surface area contributed by atoms with Crippen LogP contribution < -0.4 is 10.6 Å². The second-order valence-electron chi connectivity index (χ2n) is 5.73. The maximum atomic E-state index is 12.2. The minimum absolute atomic E-state index is 0.224. The predicted molar refractivity (Wildman–Crippen MR) is 107 cm³/mol. The van der Waals surface area contributed by atoms with Crippen LogP contribution in [0.2, 0.25) is 10.0 Å². The van der Waals surface area contributed by atoms with Gasteiger partial charge in [-0.25, -0.2) is 9.78 Å². The summed E-state index contributed by atoms with van der Waals surface area (Å²) in [5.74, 6) is 0.466. The van der Waals surface area contributed by atoms with Crippen LogP contribution in [0.25, 0.3) is 11.3 Å².